The van der Waals surface area contributed by atoms with E-state index in [1.165, 1.54) is 0 Å². The lowest BCUT2D eigenvalue weighted by Crippen LogP contribution is -2.57. The first-order valence-electron chi connectivity index (χ1n) is 13.5. The zero-order valence-corrected chi connectivity index (χ0v) is 22.7. The third-order valence-electron chi connectivity index (χ3n) is 7.45. The average Bonchev–Trinajstić information content (AvgIpc) is 3.30. The maximum absolute atomic E-state index is 13.2. The molecule has 1 aliphatic carbocycles. The maximum atomic E-state index is 13.2. The monoisotopic (exact) mass is 496 g/mol. The van der Waals surface area contributed by atoms with Crippen molar-refractivity contribution >= 4 is 29.2 Å². The van der Waals surface area contributed by atoms with Crippen LogP contribution in [0.5, 0.6) is 0 Å². The number of amides is 2. The van der Waals surface area contributed by atoms with E-state index in [4.69, 9.17) is 22.7 Å². The topological polar surface area (TPSA) is 96.7 Å². The molecule has 0 aromatic rings. The number of hydrogen-bond donors (Lipinski definition) is 3. The summed E-state index contributed by atoms with van der Waals surface area (Å²) in [6, 6.07) is -0.332. The van der Waals surface area contributed by atoms with E-state index in [-0.39, 0.29) is 23.4 Å². The molecule has 0 aromatic carbocycles. The van der Waals surface area contributed by atoms with Crippen LogP contribution in [0.2, 0.25) is 0 Å². The van der Waals surface area contributed by atoms with E-state index in [1.54, 1.807) is 0 Å². The number of alkyl carbamates (subject to hydrolysis) is 1. The van der Waals surface area contributed by atoms with Crippen molar-refractivity contribution in [3.05, 3.63) is 0 Å². The standard InChI is InChI=1S/C26H48N4O3S/c1-5-7-8-15-26(3,4)22(29-25(32)33-17-6-2)24(34)30-16-9-10-21(30)23(31)28-18-19-11-13-20(27)14-12-19/h19-22H,5-18,27H2,1-4H3,(H,28,31)(H,29,32)/t19?,20?,21-,22+/m0/s1. The molecule has 7 nitrogen and oxygen atoms in total. The fraction of sp³-hybridized carbons (Fsp3) is 0.885. The molecule has 1 saturated heterocycles. The molecule has 1 heterocycles. The van der Waals surface area contributed by atoms with Crippen LogP contribution in [0.3, 0.4) is 0 Å². The summed E-state index contributed by atoms with van der Waals surface area (Å²) in [5.74, 6) is 0.552. The lowest BCUT2D eigenvalue weighted by atomic mass is 9.79. The Morgan fingerprint density at radius 2 is 1.82 bits per heavy atom. The molecule has 0 unspecified atom stereocenters. The van der Waals surface area contributed by atoms with Crippen molar-refractivity contribution in [2.45, 2.75) is 116 Å². The SMILES string of the molecule is CCCCCC(C)(C)[C@H](NC(=O)OCCC)C(=S)N1CCC[C@H]1C(=O)NCC1CCC(N)CC1. The first-order valence-corrected chi connectivity index (χ1v) is 13.9. The molecular weight excluding hydrogens is 448 g/mol. The van der Waals surface area contributed by atoms with Crippen LogP contribution >= 0.6 is 12.2 Å². The summed E-state index contributed by atoms with van der Waals surface area (Å²) in [5, 5.41) is 6.24. The van der Waals surface area contributed by atoms with Crippen LogP contribution in [0, 0.1) is 11.3 Å². The van der Waals surface area contributed by atoms with E-state index in [1.807, 2.05) is 11.8 Å². The molecule has 0 bridgehead atoms. The van der Waals surface area contributed by atoms with Gasteiger partial charge in [-0.1, -0.05) is 59.2 Å². The molecule has 1 aliphatic heterocycles. The summed E-state index contributed by atoms with van der Waals surface area (Å²) in [6.45, 7) is 10.3. The molecule has 2 amide bonds. The Balaban J connectivity index is 2.06. The second kappa shape index (κ2) is 14.2. The van der Waals surface area contributed by atoms with Gasteiger partial charge in [0.25, 0.3) is 0 Å². The van der Waals surface area contributed by atoms with Crippen LogP contribution in [0.1, 0.15) is 98.3 Å². The van der Waals surface area contributed by atoms with Gasteiger partial charge in [0.2, 0.25) is 5.91 Å². The summed E-state index contributed by atoms with van der Waals surface area (Å²) in [5.41, 5.74) is 5.77. The zero-order chi connectivity index (χ0) is 25.1. The van der Waals surface area contributed by atoms with Gasteiger partial charge in [-0.05, 0) is 62.7 Å². The number of nitrogens with two attached hydrogens (primary N) is 1. The minimum atomic E-state index is -0.437. The molecule has 8 heteroatoms. The molecule has 4 N–H and O–H groups in total. The molecule has 1 saturated carbocycles. The summed E-state index contributed by atoms with van der Waals surface area (Å²) < 4.78 is 5.33. The number of thiocarbonyl (C=S) groups is 1. The van der Waals surface area contributed by atoms with Gasteiger partial charge in [0.15, 0.2) is 0 Å². The first-order chi connectivity index (χ1) is 16.2. The average molecular weight is 497 g/mol. The number of rotatable bonds is 12. The van der Waals surface area contributed by atoms with Crippen LogP contribution in [0.25, 0.3) is 0 Å². The molecule has 2 aliphatic rings. The Hall–Kier alpha value is -1.41. The Labute approximate surface area is 212 Å². The fourth-order valence-corrected chi connectivity index (χ4v) is 5.74. The van der Waals surface area contributed by atoms with Crippen LogP contribution < -0.4 is 16.4 Å². The molecule has 34 heavy (non-hydrogen) atoms. The van der Waals surface area contributed by atoms with E-state index >= 15 is 0 Å². The lowest BCUT2D eigenvalue weighted by Gasteiger charge is -2.40. The number of nitrogens with one attached hydrogen (secondary N) is 2. The van der Waals surface area contributed by atoms with Crippen LogP contribution in [0.4, 0.5) is 4.79 Å². The summed E-state index contributed by atoms with van der Waals surface area (Å²) in [7, 11) is 0. The first kappa shape index (κ1) is 28.8. The molecule has 0 aromatic heterocycles. The van der Waals surface area contributed by atoms with Crippen molar-refractivity contribution in [2.75, 3.05) is 19.7 Å². The molecule has 196 valence electrons. The van der Waals surface area contributed by atoms with E-state index in [0.29, 0.717) is 30.1 Å². The number of likely N-dealkylation sites (tertiary alicyclic amines) is 1. The Morgan fingerprint density at radius 1 is 1.12 bits per heavy atom. The van der Waals surface area contributed by atoms with Gasteiger partial charge < -0.3 is 26.0 Å². The smallest absolute Gasteiger partial charge is 0.407 e. The number of ether oxygens (including phenoxy) is 1. The minimum Gasteiger partial charge on any atom is -0.450 e. The van der Waals surface area contributed by atoms with E-state index in [9.17, 15) is 9.59 Å². The van der Waals surface area contributed by atoms with Gasteiger partial charge in [0.05, 0.1) is 12.6 Å². The number of hydrogen-bond acceptors (Lipinski definition) is 5. The Morgan fingerprint density at radius 3 is 2.47 bits per heavy atom. The number of unbranched alkanes of at least 4 members (excludes halogenated alkanes) is 2. The van der Waals surface area contributed by atoms with Gasteiger partial charge in [0.1, 0.15) is 11.0 Å². The molecule has 2 rings (SSSR count). The largest absolute Gasteiger partial charge is 0.450 e. The van der Waals surface area contributed by atoms with Gasteiger partial charge >= 0.3 is 6.09 Å². The molecule has 0 radical (unpaired) electrons. The highest BCUT2D eigenvalue weighted by molar-refractivity contribution is 7.80. The fourth-order valence-electron chi connectivity index (χ4n) is 5.14. The van der Waals surface area contributed by atoms with Gasteiger partial charge in [-0.3, -0.25) is 4.79 Å². The van der Waals surface area contributed by atoms with Crippen molar-refractivity contribution in [2.24, 2.45) is 17.1 Å². The van der Waals surface area contributed by atoms with Crippen LogP contribution in [0.15, 0.2) is 0 Å². The second-order valence-electron chi connectivity index (χ2n) is 10.9. The predicted octanol–water partition coefficient (Wildman–Crippen LogP) is 4.52. The summed E-state index contributed by atoms with van der Waals surface area (Å²) in [6.07, 6.45) is 10.5. The van der Waals surface area contributed by atoms with Crippen molar-refractivity contribution in [3.8, 4) is 0 Å². The maximum Gasteiger partial charge on any atom is 0.407 e. The van der Waals surface area contributed by atoms with Crippen LogP contribution in [-0.4, -0.2) is 59.7 Å². The van der Waals surface area contributed by atoms with Crippen molar-refractivity contribution in [3.63, 3.8) is 0 Å². The highest BCUT2D eigenvalue weighted by atomic mass is 32.1. The molecular formula is C26H48N4O3S. The third kappa shape index (κ3) is 8.67. The van der Waals surface area contributed by atoms with E-state index < -0.39 is 6.09 Å². The van der Waals surface area contributed by atoms with Gasteiger partial charge in [-0.15, -0.1) is 0 Å². The second-order valence-corrected chi connectivity index (χ2v) is 11.3. The number of carbonyl (C=O) groups excluding carboxylic acids is 2. The Bertz CT molecular complexity index is 664. The number of nitrogens with zero attached hydrogens (tertiary/aromatic N) is 1. The molecule has 2 fully saturated rings. The number of carbonyl (C=O) groups is 2. The van der Waals surface area contributed by atoms with E-state index in [2.05, 4.69) is 31.4 Å². The predicted molar refractivity (Wildman–Crippen MR) is 142 cm³/mol. The Kier molecular flexibility index (Phi) is 12.1. The molecule has 2 atom stereocenters. The highest BCUT2D eigenvalue weighted by Crippen LogP contribution is 2.32. The van der Waals surface area contributed by atoms with Gasteiger partial charge in [-0.2, -0.15) is 0 Å². The van der Waals surface area contributed by atoms with Crippen LogP contribution in [-0.2, 0) is 9.53 Å². The third-order valence-corrected chi connectivity index (χ3v) is 7.92. The van der Waals surface area contributed by atoms with Gasteiger partial charge in [-0.25, -0.2) is 4.79 Å². The van der Waals surface area contributed by atoms with E-state index in [0.717, 1.165) is 77.2 Å². The van der Waals surface area contributed by atoms with Crippen molar-refractivity contribution in [1.82, 2.24) is 15.5 Å². The highest BCUT2D eigenvalue weighted by Gasteiger charge is 2.41. The molecule has 0 spiro atoms. The normalized spacial score (nSPS) is 23.9. The van der Waals surface area contributed by atoms with Gasteiger partial charge in [0, 0.05) is 19.1 Å². The zero-order valence-electron chi connectivity index (χ0n) is 21.9. The lowest BCUT2D eigenvalue weighted by molar-refractivity contribution is -0.124. The minimum absolute atomic E-state index is 0.0471. The van der Waals surface area contributed by atoms with Crippen molar-refractivity contribution in [1.29, 1.82) is 0 Å². The quantitative estimate of drug-likeness (QED) is 0.271. The summed E-state index contributed by atoms with van der Waals surface area (Å²) >= 11 is 5.97. The van der Waals surface area contributed by atoms with Crippen molar-refractivity contribution < 1.29 is 14.3 Å². The summed E-state index contributed by atoms with van der Waals surface area (Å²) in [4.78, 5) is 28.4.